The molecule has 0 heterocycles. The average Bonchev–Trinajstić information content (AvgIpc) is 2.81. The summed E-state index contributed by atoms with van der Waals surface area (Å²) in [5, 5.41) is 0. The molecule has 3 aliphatic rings. The molecule has 0 atom stereocenters. The molecule has 1 aromatic rings. The number of nitrogens with two attached hydrogens (primary N) is 2. The Hall–Kier alpha value is -2.88. The van der Waals surface area contributed by atoms with E-state index < -0.39 is 0 Å². The van der Waals surface area contributed by atoms with Gasteiger partial charge in [0, 0.05) is 17.0 Å². The summed E-state index contributed by atoms with van der Waals surface area (Å²) in [5.41, 5.74) is 15.9. The highest BCUT2D eigenvalue weighted by atomic mass is 16.1. The van der Waals surface area contributed by atoms with E-state index in [1.165, 1.54) is 75.5 Å². The molecule has 168 valence electrons. The zero-order chi connectivity index (χ0) is 22.7. The van der Waals surface area contributed by atoms with Crippen LogP contribution in [0.3, 0.4) is 0 Å². The van der Waals surface area contributed by atoms with Gasteiger partial charge in [0.25, 0.3) is 0 Å². The first-order valence-corrected chi connectivity index (χ1v) is 12.1. The van der Waals surface area contributed by atoms with Crippen LogP contribution in [0.1, 0.15) is 81.8 Å². The summed E-state index contributed by atoms with van der Waals surface area (Å²) in [6.07, 6.45) is 16.4. The highest BCUT2D eigenvalue weighted by molar-refractivity contribution is 6.36. The highest BCUT2D eigenvalue weighted by Gasteiger charge is 2.33. The van der Waals surface area contributed by atoms with Crippen LogP contribution in [0, 0.1) is 5.92 Å². The normalized spacial score (nSPS) is 23.5. The van der Waals surface area contributed by atoms with Gasteiger partial charge in [-0.15, -0.1) is 0 Å². The highest BCUT2D eigenvalue weighted by Crippen LogP contribution is 2.39. The quantitative estimate of drug-likeness (QED) is 0.562. The molecule has 0 aromatic heterocycles. The van der Waals surface area contributed by atoms with E-state index in [4.69, 9.17) is 11.5 Å². The standard InChI is InChI=1S/C28H34N2O2/c1-2-3-4-5-6-18-7-9-19(10-8-18)20-11-13-21(14-12-20)22-17-24(30)26-25(31)16-15-23(29)27(26)28(22)32/h11-19H,2-10,29-30H2,1H3/t18-,19-. The van der Waals surface area contributed by atoms with Gasteiger partial charge < -0.3 is 11.5 Å². The van der Waals surface area contributed by atoms with Gasteiger partial charge >= 0.3 is 0 Å². The first kappa shape index (κ1) is 22.3. The number of Topliss-reactive ketones (excluding diaryl/α,β-unsaturated/α-hetero) is 1. The first-order chi connectivity index (χ1) is 15.5. The van der Waals surface area contributed by atoms with E-state index in [1.807, 2.05) is 12.1 Å². The van der Waals surface area contributed by atoms with E-state index in [9.17, 15) is 9.59 Å². The molecule has 4 nitrogen and oxygen atoms in total. The van der Waals surface area contributed by atoms with Gasteiger partial charge in [-0.05, 0) is 66.9 Å². The number of ketones is 2. The van der Waals surface area contributed by atoms with Gasteiger partial charge in [0.05, 0.1) is 11.1 Å². The van der Waals surface area contributed by atoms with Crippen molar-refractivity contribution >= 4 is 17.1 Å². The molecule has 0 unspecified atom stereocenters. The van der Waals surface area contributed by atoms with E-state index in [2.05, 4.69) is 19.1 Å². The molecule has 1 aromatic carbocycles. The summed E-state index contributed by atoms with van der Waals surface area (Å²) in [5.74, 6) is 0.984. The van der Waals surface area contributed by atoms with Crippen molar-refractivity contribution in [2.75, 3.05) is 0 Å². The van der Waals surface area contributed by atoms with Gasteiger partial charge in [-0.25, -0.2) is 0 Å². The summed E-state index contributed by atoms with van der Waals surface area (Å²) in [6, 6.07) is 8.31. The molecule has 0 bridgehead atoms. The summed E-state index contributed by atoms with van der Waals surface area (Å²) in [4.78, 5) is 25.3. The van der Waals surface area contributed by atoms with Crippen molar-refractivity contribution in [2.45, 2.75) is 70.6 Å². The average molecular weight is 431 g/mol. The predicted octanol–water partition coefficient (Wildman–Crippen LogP) is 5.46. The fraction of sp³-hybridized carbons (Fsp3) is 0.429. The molecule has 0 saturated heterocycles. The minimum absolute atomic E-state index is 0.224. The number of unbranched alkanes of at least 4 members (excludes halogenated alkanes) is 3. The Kier molecular flexibility index (Phi) is 6.78. The second-order valence-corrected chi connectivity index (χ2v) is 9.43. The van der Waals surface area contributed by atoms with Crippen molar-refractivity contribution < 1.29 is 9.59 Å². The molecule has 0 spiro atoms. The molecule has 0 aliphatic heterocycles. The molecular weight excluding hydrogens is 396 g/mol. The van der Waals surface area contributed by atoms with Crippen molar-refractivity contribution in [1.82, 2.24) is 0 Å². The molecule has 1 fully saturated rings. The Bertz CT molecular complexity index is 1020. The maximum Gasteiger partial charge on any atom is 0.196 e. The maximum atomic E-state index is 13.1. The fourth-order valence-electron chi connectivity index (χ4n) is 5.35. The summed E-state index contributed by atoms with van der Waals surface area (Å²) < 4.78 is 0. The van der Waals surface area contributed by atoms with Gasteiger partial charge in [0.2, 0.25) is 0 Å². The summed E-state index contributed by atoms with van der Waals surface area (Å²) in [6.45, 7) is 2.26. The molecule has 4 rings (SSSR count). The number of carbonyl (C=O) groups excluding carboxylic acids is 2. The molecular formula is C28H34N2O2. The predicted molar refractivity (Wildman–Crippen MR) is 129 cm³/mol. The van der Waals surface area contributed by atoms with Crippen LogP contribution in [-0.4, -0.2) is 11.6 Å². The number of hydrogen-bond acceptors (Lipinski definition) is 4. The second kappa shape index (κ2) is 9.72. The second-order valence-electron chi connectivity index (χ2n) is 9.43. The van der Waals surface area contributed by atoms with Gasteiger partial charge in [-0.1, -0.05) is 63.3 Å². The third-order valence-electron chi connectivity index (χ3n) is 7.27. The van der Waals surface area contributed by atoms with Gasteiger partial charge in [-0.3, -0.25) is 9.59 Å². The maximum absolute atomic E-state index is 13.1. The Balaban J connectivity index is 1.44. The van der Waals surface area contributed by atoms with Crippen molar-refractivity contribution in [3.8, 4) is 0 Å². The molecule has 4 N–H and O–H groups in total. The lowest BCUT2D eigenvalue weighted by atomic mass is 9.76. The van der Waals surface area contributed by atoms with Crippen LogP contribution in [0.4, 0.5) is 0 Å². The minimum atomic E-state index is -0.272. The van der Waals surface area contributed by atoms with Crippen molar-refractivity contribution in [3.05, 3.63) is 76.2 Å². The minimum Gasteiger partial charge on any atom is -0.398 e. The van der Waals surface area contributed by atoms with E-state index in [0.29, 0.717) is 22.9 Å². The fourth-order valence-corrected chi connectivity index (χ4v) is 5.35. The van der Waals surface area contributed by atoms with Crippen LogP contribution in [0.15, 0.2) is 65.0 Å². The molecule has 3 aliphatic carbocycles. The number of rotatable bonds is 7. The lowest BCUT2D eigenvalue weighted by Gasteiger charge is -2.29. The molecule has 4 heteroatoms. The number of benzene rings is 1. The van der Waals surface area contributed by atoms with Crippen LogP contribution in [0.5, 0.6) is 0 Å². The van der Waals surface area contributed by atoms with E-state index in [0.717, 1.165) is 11.5 Å². The largest absolute Gasteiger partial charge is 0.398 e. The van der Waals surface area contributed by atoms with Gasteiger partial charge in [0.1, 0.15) is 0 Å². The van der Waals surface area contributed by atoms with E-state index >= 15 is 0 Å². The monoisotopic (exact) mass is 430 g/mol. The Labute approximate surface area is 191 Å². The molecule has 0 amide bonds. The van der Waals surface area contributed by atoms with E-state index in [-0.39, 0.29) is 22.7 Å². The van der Waals surface area contributed by atoms with Crippen LogP contribution in [0.25, 0.3) is 5.57 Å². The van der Waals surface area contributed by atoms with Crippen LogP contribution >= 0.6 is 0 Å². The molecule has 0 radical (unpaired) electrons. The summed E-state index contributed by atoms with van der Waals surface area (Å²) >= 11 is 0. The number of fused-ring (bicyclic) bond motifs is 1. The lowest BCUT2D eigenvalue weighted by Crippen LogP contribution is -2.26. The smallest absolute Gasteiger partial charge is 0.196 e. The lowest BCUT2D eigenvalue weighted by molar-refractivity contribution is -0.113. The topological polar surface area (TPSA) is 86.2 Å². The van der Waals surface area contributed by atoms with Crippen LogP contribution in [-0.2, 0) is 9.59 Å². The van der Waals surface area contributed by atoms with Crippen molar-refractivity contribution in [1.29, 1.82) is 0 Å². The van der Waals surface area contributed by atoms with E-state index in [1.54, 1.807) is 6.08 Å². The third kappa shape index (κ3) is 4.50. The SMILES string of the molecule is CCCCCC[C@H]1CC[C@H](c2ccc(C3=CC(N)=C4C(=O)C=CC(N)=C4C3=O)cc2)CC1. The number of carbonyl (C=O) groups is 2. The zero-order valence-corrected chi connectivity index (χ0v) is 19.0. The van der Waals surface area contributed by atoms with Gasteiger partial charge in [-0.2, -0.15) is 0 Å². The zero-order valence-electron chi connectivity index (χ0n) is 19.0. The number of hydrogen-bond donors (Lipinski definition) is 2. The van der Waals surface area contributed by atoms with Crippen LogP contribution < -0.4 is 11.5 Å². The third-order valence-corrected chi connectivity index (χ3v) is 7.27. The number of allylic oxidation sites excluding steroid dienone is 6. The summed E-state index contributed by atoms with van der Waals surface area (Å²) in [7, 11) is 0. The Morgan fingerprint density at radius 2 is 1.56 bits per heavy atom. The Morgan fingerprint density at radius 3 is 2.25 bits per heavy atom. The molecule has 32 heavy (non-hydrogen) atoms. The molecule has 1 saturated carbocycles. The van der Waals surface area contributed by atoms with Crippen molar-refractivity contribution in [2.24, 2.45) is 17.4 Å². The van der Waals surface area contributed by atoms with Crippen LogP contribution in [0.2, 0.25) is 0 Å². The van der Waals surface area contributed by atoms with Crippen molar-refractivity contribution in [3.63, 3.8) is 0 Å². The van der Waals surface area contributed by atoms with Gasteiger partial charge in [0.15, 0.2) is 11.6 Å². The Morgan fingerprint density at radius 1 is 0.844 bits per heavy atom. The first-order valence-electron chi connectivity index (χ1n) is 12.1.